The van der Waals surface area contributed by atoms with Gasteiger partial charge in [0, 0.05) is 32.9 Å². The third-order valence-corrected chi connectivity index (χ3v) is 9.62. The van der Waals surface area contributed by atoms with E-state index < -0.39 is 0 Å². The van der Waals surface area contributed by atoms with E-state index in [4.69, 9.17) is 9.97 Å². The summed E-state index contributed by atoms with van der Waals surface area (Å²) in [7, 11) is 0. The summed E-state index contributed by atoms with van der Waals surface area (Å²) in [6.45, 7) is 4.70. The lowest BCUT2D eigenvalue weighted by molar-refractivity contribution is 0.661. The van der Waals surface area contributed by atoms with Crippen molar-refractivity contribution in [3.8, 4) is 50.7 Å². The predicted molar refractivity (Wildman–Crippen MR) is 190 cm³/mol. The fourth-order valence-electron chi connectivity index (χ4n) is 7.37. The fraction of sp³-hybridized carbons (Fsp3) is 0.0698. The average Bonchev–Trinajstić information content (AvgIpc) is 3.56. The first-order valence-corrected chi connectivity index (χ1v) is 15.9. The molecule has 0 unspecified atom stereocenters. The van der Waals surface area contributed by atoms with E-state index in [1.165, 1.54) is 44.1 Å². The first-order chi connectivity index (χ1) is 22.6. The van der Waals surface area contributed by atoms with Crippen molar-refractivity contribution in [2.75, 3.05) is 0 Å². The lowest BCUT2D eigenvalue weighted by Crippen LogP contribution is -2.15. The molecule has 2 heterocycles. The van der Waals surface area contributed by atoms with Crippen LogP contribution in [0.25, 0.3) is 72.5 Å². The maximum Gasteiger partial charge on any atom is 0.160 e. The molecule has 6 aromatic carbocycles. The fourth-order valence-corrected chi connectivity index (χ4v) is 7.37. The van der Waals surface area contributed by atoms with E-state index in [-0.39, 0.29) is 5.41 Å². The highest BCUT2D eigenvalue weighted by atomic mass is 15.0. The zero-order chi connectivity index (χ0) is 30.8. The van der Waals surface area contributed by atoms with E-state index in [9.17, 15) is 0 Å². The van der Waals surface area contributed by atoms with Gasteiger partial charge in [0.05, 0.1) is 28.1 Å². The summed E-state index contributed by atoms with van der Waals surface area (Å²) in [5.74, 6) is 0.714. The van der Waals surface area contributed by atoms with Gasteiger partial charge in [-0.2, -0.15) is 0 Å². The van der Waals surface area contributed by atoms with Crippen molar-refractivity contribution in [2.24, 2.45) is 0 Å². The first-order valence-electron chi connectivity index (χ1n) is 15.9. The summed E-state index contributed by atoms with van der Waals surface area (Å²) in [6, 6.07) is 53.9. The molecule has 9 rings (SSSR count). The quantitative estimate of drug-likeness (QED) is 0.204. The van der Waals surface area contributed by atoms with Gasteiger partial charge in [-0.3, -0.25) is 0 Å². The molecule has 0 bridgehead atoms. The van der Waals surface area contributed by atoms with Gasteiger partial charge in [-0.1, -0.05) is 135 Å². The van der Waals surface area contributed by atoms with Crippen molar-refractivity contribution >= 4 is 21.8 Å². The normalized spacial score (nSPS) is 13.2. The highest BCUT2D eigenvalue weighted by Gasteiger charge is 2.36. The van der Waals surface area contributed by atoms with Crippen LogP contribution in [-0.2, 0) is 5.41 Å². The molecule has 0 aliphatic heterocycles. The largest absolute Gasteiger partial charge is 0.309 e. The Morgan fingerprint density at radius 3 is 1.89 bits per heavy atom. The molecule has 8 aromatic rings. The summed E-state index contributed by atoms with van der Waals surface area (Å²) in [4.78, 5) is 10.3. The number of para-hydroxylation sites is 2. The molecular weight excluding hydrogens is 558 g/mol. The minimum absolute atomic E-state index is 0.0945. The molecule has 0 saturated carbocycles. The minimum atomic E-state index is -0.0945. The number of nitrogens with zero attached hydrogens (tertiary/aromatic N) is 3. The number of benzene rings is 6. The molecule has 1 aliphatic rings. The van der Waals surface area contributed by atoms with Crippen molar-refractivity contribution in [1.29, 1.82) is 0 Å². The van der Waals surface area contributed by atoms with E-state index in [2.05, 4.69) is 146 Å². The van der Waals surface area contributed by atoms with Gasteiger partial charge in [-0.25, -0.2) is 9.97 Å². The van der Waals surface area contributed by atoms with E-state index in [0.29, 0.717) is 5.82 Å². The topological polar surface area (TPSA) is 30.7 Å². The maximum atomic E-state index is 5.21. The van der Waals surface area contributed by atoms with Crippen LogP contribution in [0, 0.1) is 0 Å². The summed E-state index contributed by atoms with van der Waals surface area (Å²) in [5, 5.41) is 2.50. The Balaban J connectivity index is 1.33. The number of hydrogen-bond donors (Lipinski definition) is 0. The zero-order valence-electron chi connectivity index (χ0n) is 25.8. The van der Waals surface area contributed by atoms with Crippen molar-refractivity contribution < 1.29 is 0 Å². The van der Waals surface area contributed by atoms with Crippen molar-refractivity contribution in [1.82, 2.24) is 14.5 Å². The summed E-state index contributed by atoms with van der Waals surface area (Å²) in [5.41, 5.74) is 13.7. The molecule has 1 aliphatic carbocycles. The Morgan fingerprint density at radius 1 is 0.457 bits per heavy atom. The number of rotatable bonds is 4. The summed E-state index contributed by atoms with van der Waals surface area (Å²) >= 11 is 0. The van der Waals surface area contributed by atoms with Crippen LogP contribution in [0.15, 0.2) is 152 Å². The summed E-state index contributed by atoms with van der Waals surface area (Å²) in [6.07, 6.45) is 0. The van der Waals surface area contributed by atoms with Crippen LogP contribution >= 0.6 is 0 Å². The van der Waals surface area contributed by atoms with Gasteiger partial charge in [0.1, 0.15) is 0 Å². The molecule has 0 atom stereocenters. The molecule has 46 heavy (non-hydrogen) atoms. The molecule has 0 saturated heterocycles. The molecule has 3 nitrogen and oxygen atoms in total. The van der Waals surface area contributed by atoms with Crippen LogP contribution in [0.5, 0.6) is 0 Å². The van der Waals surface area contributed by atoms with Crippen LogP contribution in [0.1, 0.15) is 25.0 Å². The SMILES string of the molecule is CC1(C)c2ccccc2-c2cc3c4ccccc4n(-c4ccccc4-c4cc(-c5ccccc5)nc(-c5ccccc5)n4)c3cc21. The molecule has 2 aromatic heterocycles. The van der Waals surface area contributed by atoms with Gasteiger partial charge < -0.3 is 4.57 Å². The monoisotopic (exact) mass is 589 g/mol. The van der Waals surface area contributed by atoms with E-state index >= 15 is 0 Å². The van der Waals surface area contributed by atoms with Crippen LogP contribution < -0.4 is 0 Å². The second-order valence-electron chi connectivity index (χ2n) is 12.6. The van der Waals surface area contributed by atoms with Crippen molar-refractivity contribution in [2.45, 2.75) is 19.3 Å². The minimum Gasteiger partial charge on any atom is -0.309 e. The zero-order valence-corrected chi connectivity index (χ0v) is 25.8. The molecule has 3 heteroatoms. The standard InChI is InChI=1S/C43H31N3/c1-43(2)35-22-12-9-19-30(35)33-25-34-31-20-10-13-23-39(31)46(41(34)26-36(33)43)40-24-14-11-21-32(40)38-27-37(28-15-5-3-6-16-28)44-42(45-38)29-17-7-4-8-18-29/h3-27H,1-2H3. The number of aromatic nitrogens is 3. The van der Waals surface area contributed by atoms with E-state index in [1.807, 2.05) is 24.3 Å². The van der Waals surface area contributed by atoms with Gasteiger partial charge >= 0.3 is 0 Å². The van der Waals surface area contributed by atoms with Crippen molar-refractivity contribution in [3.05, 3.63) is 163 Å². The van der Waals surface area contributed by atoms with Gasteiger partial charge in [0.25, 0.3) is 0 Å². The Hall–Kier alpha value is -5.80. The predicted octanol–water partition coefficient (Wildman–Crippen LogP) is 10.9. The summed E-state index contributed by atoms with van der Waals surface area (Å²) < 4.78 is 2.44. The van der Waals surface area contributed by atoms with E-state index in [0.717, 1.165) is 33.8 Å². The highest BCUT2D eigenvalue weighted by molar-refractivity contribution is 6.12. The van der Waals surface area contributed by atoms with Gasteiger partial charge in [0.15, 0.2) is 5.82 Å². The lowest BCUT2D eigenvalue weighted by Gasteiger charge is -2.22. The van der Waals surface area contributed by atoms with E-state index in [1.54, 1.807) is 0 Å². The average molecular weight is 590 g/mol. The van der Waals surface area contributed by atoms with Crippen LogP contribution in [0.2, 0.25) is 0 Å². The van der Waals surface area contributed by atoms with Gasteiger partial charge in [-0.15, -0.1) is 0 Å². The molecular formula is C43H31N3. The first kappa shape index (κ1) is 26.6. The number of fused-ring (bicyclic) bond motifs is 6. The lowest BCUT2D eigenvalue weighted by atomic mass is 9.82. The highest BCUT2D eigenvalue weighted by Crippen LogP contribution is 2.51. The Labute approximate surface area is 268 Å². The number of hydrogen-bond acceptors (Lipinski definition) is 2. The Bertz CT molecular complexity index is 2380. The Kier molecular flexibility index (Phi) is 5.85. The molecule has 0 spiro atoms. The van der Waals surface area contributed by atoms with Crippen molar-refractivity contribution in [3.63, 3.8) is 0 Å². The third kappa shape index (κ3) is 3.98. The molecule has 0 fully saturated rings. The second-order valence-corrected chi connectivity index (χ2v) is 12.6. The van der Waals surface area contributed by atoms with Gasteiger partial charge in [-0.05, 0) is 52.6 Å². The Morgan fingerprint density at radius 2 is 1.09 bits per heavy atom. The third-order valence-electron chi connectivity index (χ3n) is 9.62. The van der Waals surface area contributed by atoms with Crippen LogP contribution in [-0.4, -0.2) is 14.5 Å². The second kappa shape index (κ2) is 10.1. The smallest absolute Gasteiger partial charge is 0.160 e. The van der Waals surface area contributed by atoms with Crippen LogP contribution in [0.3, 0.4) is 0 Å². The molecule has 0 N–H and O–H groups in total. The van der Waals surface area contributed by atoms with Crippen LogP contribution in [0.4, 0.5) is 0 Å². The molecule has 0 radical (unpaired) electrons. The maximum absolute atomic E-state index is 5.21. The molecule has 218 valence electrons. The molecule has 0 amide bonds. The van der Waals surface area contributed by atoms with Gasteiger partial charge in [0.2, 0.25) is 0 Å².